The highest BCUT2D eigenvalue weighted by atomic mass is 16.5. The van der Waals surface area contributed by atoms with Gasteiger partial charge in [0.2, 0.25) is 5.78 Å². The Hall–Kier alpha value is -2.03. The van der Waals surface area contributed by atoms with Gasteiger partial charge in [0, 0.05) is 23.0 Å². The Morgan fingerprint density at radius 3 is 2.57 bits per heavy atom. The third-order valence-corrected chi connectivity index (χ3v) is 4.93. The Bertz CT molecular complexity index is 708. The Kier molecular flexibility index (Phi) is 4.56. The van der Waals surface area contributed by atoms with Gasteiger partial charge in [-0.05, 0) is 51.3 Å². The van der Waals surface area contributed by atoms with Gasteiger partial charge in [0.15, 0.2) is 6.61 Å². The van der Waals surface area contributed by atoms with E-state index in [1.807, 2.05) is 37.3 Å². The molecule has 0 bridgehead atoms. The summed E-state index contributed by atoms with van der Waals surface area (Å²) in [6, 6.07) is 10.4. The predicted molar refractivity (Wildman–Crippen MR) is 92.4 cm³/mol. The van der Waals surface area contributed by atoms with Crippen molar-refractivity contribution in [3.63, 3.8) is 0 Å². The summed E-state index contributed by atoms with van der Waals surface area (Å²) in [5, 5.41) is 0. The monoisotopic (exact) mass is 311 g/mol. The number of benzene rings is 1. The molecule has 1 saturated carbocycles. The van der Waals surface area contributed by atoms with Crippen LogP contribution in [-0.4, -0.2) is 17.0 Å². The number of nitrogens with zero attached hydrogens (tertiary/aromatic N) is 1. The first-order chi connectivity index (χ1) is 11.1. The van der Waals surface area contributed by atoms with E-state index in [0.29, 0.717) is 6.04 Å². The maximum atomic E-state index is 12.6. The number of carbonyl (C=O) groups excluding carboxylic acids is 1. The number of hydrogen-bond acceptors (Lipinski definition) is 2. The summed E-state index contributed by atoms with van der Waals surface area (Å²) in [6.07, 6.45) is 5.04. The van der Waals surface area contributed by atoms with E-state index in [-0.39, 0.29) is 12.4 Å². The number of para-hydroxylation sites is 1. The lowest BCUT2D eigenvalue weighted by molar-refractivity contribution is 0.0920. The molecule has 1 aliphatic carbocycles. The fraction of sp³-hybridized carbons (Fsp3) is 0.450. The largest absolute Gasteiger partial charge is 0.485 e. The van der Waals surface area contributed by atoms with Gasteiger partial charge >= 0.3 is 0 Å². The molecule has 0 saturated heterocycles. The molecule has 0 amide bonds. The molecule has 0 unspecified atom stereocenters. The number of Topliss-reactive ketones (excluding diaryl/α,β-unsaturated/α-hetero) is 1. The Labute approximate surface area is 138 Å². The van der Waals surface area contributed by atoms with E-state index in [4.69, 9.17) is 4.74 Å². The zero-order valence-electron chi connectivity index (χ0n) is 14.3. The second kappa shape index (κ2) is 6.61. The average Bonchev–Trinajstić information content (AvgIpc) is 3.14. The maximum Gasteiger partial charge on any atom is 0.202 e. The molecule has 2 aromatic rings. The average molecular weight is 311 g/mol. The van der Waals surface area contributed by atoms with E-state index in [2.05, 4.69) is 18.4 Å². The van der Waals surface area contributed by atoms with Crippen molar-refractivity contribution in [2.75, 3.05) is 6.61 Å². The molecule has 0 aliphatic heterocycles. The molecule has 0 atom stereocenters. The van der Waals surface area contributed by atoms with Gasteiger partial charge in [-0.3, -0.25) is 4.79 Å². The van der Waals surface area contributed by atoms with Crippen LogP contribution in [0, 0.1) is 20.8 Å². The number of aryl methyl sites for hydroxylation is 2. The summed E-state index contributed by atoms with van der Waals surface area (Å²) in [7, 11) is 0. The van der Waals surface area contributed by atoms with E-state index in [9.17, 15) is 4.79 Å². The van der Waals surface area contributed by atoms with Crippen LogP contribution in [0.25, 0.3) is 0 Å². The second-order valence-electron chi connectivity index (χ2n) is 6.57. The van der Waals surface area contributed by atoms with Gasteiger partial charge in [0.05, 0.1) is 0 Å². The smallest absolute Gasteiger partial charge is 0.202 e. The number of hydrogen-bond donors (Lipinski definition) is 0. The molecule has 3 rings (SSSR count). The van der Waals surface area contributed by atoms with Crippen molar-refractivity contribution in [1.29, 1.82) is 0 Å². The minimum atomic E-state index is 0.0607. The van der Waals surface area contributed by atoms with Crippen LogP contribution < -0.4 is 4.74 Å². The van der Waals surface area contributed by atoms with Gasteiger partial charge in [-0.2, -0.15) is 0 Å². The summed E-state index contributed by atoms with van der Waals surface area (Å²) < 4.78 is 8.08. The highest BCUT2D eigenvalue weighted by Crippen LogP contribution is 2.33. The molecule has 3 heteroatoms. The van der Waals surface area contributed by atoms with Gasteiger partial charge < -0.3 is 9.30 Å². The lowest BCUT2D eigenvalue weighted by Gasteiger charge is -2.17. The van der Waals surface area contributed by atoms with Crippen LogP contribution in [0.2, 0.25) is 0 Å². The van der Waals surface area contributed by atoms with Crippen LogP contribution in [0.1, 0.15) is 59.0 Å². The first-order valence-corrected chi connectivity index (χ1v) is 8.48. The van der Waals surface area contributed by atoms with E-state index in [1.165, 1.54) is 31.4 Å². The molecule has 0 N–H and O–H groups in total. The second-order valence-corrected chi connectivity index (χ2v) is 6.57. The van der Waals surface area contributed by atoms with Crippen LogP contribution in [-0.2, 0) is 0 Å². The van der Waals surface area contributed by atoms with Crippen LogP contribution in [0.3, 0.4) is 0 Å². The molecular weight excluding hydrogens is 286 g/mol. The molecule has 3 nitrogen and oxygen atoms in total. The Morgan fingerprint density at radius 2 is 1.87 bits per heavy atom. The normalized spacial score (nSPS) is 15.1. The molecule has 1 aromatic carbocycles. The Morgan fingerprint density at radius 1 is 1.17 bits per heavy atom. The van der Waals surface area contributed by atoms with Crippen molar-refractivity contribution in [3.05, 3.63) is 52.8 Å². The molecular formula is C20H25NO2. The predicted octanol–water partition coefficient (Wildman–Crippen LogP) is 4.79. The summed E-state index contributed by atoms with van der Waals surface area (Å²) >= 11 is 0. The first-order valence-electron chi connectivity index (χ1n) is 8.48. The van der Waals surface area contributed by atoms with Crippen LogP contribution >= 0.6 is 0 Å². The molecule has 0 radical (unpaired) electrons. The fourth-order valence-electron chi connectivity index (χ4n) is 3.72. The lowest BCUT2D eigenvalue weighted by atomic mass is 10.1. The van der Waals surface area contributed by atoms with Crippen LogP contribution in [0.15, 0.2) is 30.3 Å². The quantitative estimate of drug-likeness (QED) is 0.743. The van der Waals surface area contributed by atoms with Gasteiger partial charge in [-0.15, -0.1) is 0 Å². The van der Waals surface area contributed by atoms with Crippen LogP contribution in [0.5, 0.6) is 5.75 Å². The fourth-order valence-corrected chi connectivity index (χ4v) is 3.72. The number of aromatic nitrogens is 1. The molecule has 23 heavy (non-hydrogen) atoms. The number of carbonyl (C=O) groups is 1. The number of ketones is 1. The highest BCUT2D eigenvalue weighted by molar-refractivity contribution is 5.98. The van der Waals surface area contributed by atoms with Gasteiger partial charge in [0.25, 0.3) is 0 Å². The van der Waals surface area contributed by atoms with Crippen molar-refractivity contribution in [2.45, 2.75) is 52.5 Å². The van der Waals surface area contributed by atoms with Crippen molar-refractivity contribution in [1.82, 2.24) is 4.57 Å². The maximum absolute atomic E-state index is 12.6. The summed E-state index contributed by atoms with van der Waals surface area (Å²) in [6.45, 7) is 6.25. The van der Waals surface area contributed by atoms with Crippen molar-refractivity contribution < 1.29 is 9.53 Å². The van der Waals surface area contributed by atoms with E-state index < -0.39 is 0 Å². The third-order valence-electron chi connectivity index (χ3n) is 4.93. The first kappa shape index (κ1) is 15.9. The molecule has 0 spiro atoms. The summed E-state index contributed by atoms with van der Waals surface area (Å²) in [5.41, 5.74) is 4.14. The third kappa shape index (κ3) is 3.19. The van der Waals surface area contributed by atoms with Gasteiger partial charge in [0.1, 0.15) is 5.75 Å². The zero-order chi connectivity index (χ0) is 16.4. The molecule has 1 aliphatic rings. The van der Waals surface area contributed by atoms with Crippen molar-refractivity contribution in [2.24, 2.45) is 0 Å². The SMILES string of the molecule is Cc1ccccc1OCC(=O)c1cc(C)n(C2CCCC2)c1C. The topological polar surface area (TPSA) is 31.2 Å². The van der Waals surface area contributed by atoms with Gasteiger partial charge in [-0.25, -0.2) is 0 Å². The zero-order valence-corrected chi connectivity index (χ0v) is 14.3. The van der Waals surface area contributed by atoms with Crippen LogP contribution in [0.4, 0.5) is 0 Å². The number of rotatable bonds is 5. The minimum absolute atomic E-state index is 0.0607. The Balaban J connectivity index is 1.75. The minimum Gasteiger partial charge on any atom is -0.485 e. The highest BCUT2D eigenvalue weighted by Gasteiger charge is 2.23. The standard InChI is InChI=1S/C20H25NO2/c1-14-8-4-7-11-20(14)23-13-19(22)18-12-15(2)21(16(18)3)17-9-5-6-10-17/h4,7-8,11-12,17H,5-6,9-10,13H2,1-3H3. The lowest BCUT2D eigenvalue weighted by Crippen LogP contribution is -2.14. The number of ether oxygens (including phenoxy) is 1. The van der Waals surface area contributed by atoms with E-state index in [1.54, 1.807) is 0 Å². The van der Waals surface area contributed by atoms with Crippen molar-refractivity contribution in [3.8, 4) is 5.75 Å². The molecule has 122 valence electrons. The van der Waals surface area contributed by atoms with E-state index >= 15 is 0 Å². The molecule has 1 fully saturated rings. The summed E-state index contributed by atoms with van der Waals surface area (Å²) in [4.78, 5) is 12.6. The molecule has 1 heterocycles. The van der Waals surface area contributed by atoms with Gasteiger partial charge in [-0.1, -0.05) is 31.0 Å². The van der Waals surface area contributed by atoms with E-state index in [0.717, 1.165) is 22.6 Å². The van der Waals surface area contributed by atoms with Crippen molar-refractivity contribution >= 4 is 5.78 Å². The summed E-state index contributed by atoms with van der Waals surface area (Å²) in [5.74, 6) is 0.844. The molecule has 1 aromatic heterocycles.